The molecule has 0 saturated carbocycles. The number of nitrogens with zero attached hydrogens (tertiary/aromatic N) is 3. The number of halogens is 1. The molecule has 100 valence electrons. The number of pyridine rings is 1. The Kier molecular flexibility index (Phi) is 4.51. The van der Waals surface area contributed by atoms with Gasteiger partial charge in [0, 0.05) is 13.2 Å². The summed E-state index contributed by atoms with van der Waals surface area (Å²) >= 11 is 3.33. The molecule has 7 heteroatoms. The summed E-state index contributed by atoms with van der Waals surface area (Å²) in [5.74, 6) is -0.0803. The van der Waals surface area contributed by atoms with E-state index in [2.05, 4.69) is 36.6 Å². The van der Waals surface area contributed by atoms with Gasteiger partial charge in [-0.15, -0.1) is 0 Å². The SMILES string of the molecule is CNC(=O)Cn1cc(NCc2cccc(Br)n2)cn1. The third-order valence-electron chi connectivity index (χ3n) is 2.46. The summed E-state index contributed by atoms with van der Waals surface area (Å²) in [5.41, 5.74) is 1.78. The Morgan fingerprint density at radius 2 is 2.32 bits per heavy atom. The summed E-state index contributed by atoms with van der Waals surface area (Å²) < 4.78 is 2.39. The van der Waals surface area contributed by atoms with Gasteiger partial charge in [-0.1, -0.05) is 6.07 Å². The van der Waals surface area contributed by atoms with E-state index in [1.807, 2.05) is 18.2 Å². The number of aromatic nitrogens is 3. The van der Waals surface area contributed by atoms with Gasteiger partial charge in [0.25, 0.3) is 0 Å². The van der Waals surface area contributed by atoms with Crippen molar-refractivity contribution in [3.8, 4) is 0 Å². The standard InChI is InChI=1S/C12H14BrN5O/c1-14-12(19)8-18-7-10(6-16-18)15-5-9-3-2-4-11(13)17-9/h2-4,6-7,15H,5,8H2,1H3,(H,14,19). The fourth-order valence-electron chi connectivity index (χ4n) is 1.51. The van der Waals surface area contributed by atoms with Gasteiger partial charge in [-0.25, -0.2) is 4.98 Å². The molecule has 0 aromatic carbocycles. The molecule has 2 aromatic heterocycles. The number of hydrogen-bond donors (Lipinski definition) is 2. The maximum absolute atomic E-state index is 11.2. The highest BCUT2D eigenvalue weighted by Crippen LogP contribution is 2.09. The molecule has 0 bridgehead atoms. The van der Waals surface area contributed by atoms with Crippen LogP contribution in [-0.2, 0) is 17.9 Å². The van der Waals surface area contributed by atoms with Gasteiger partial charge in [0.05, 0.1) is 24.1 Å². The molecular weight excluding hydrogens is 310 g/mol. The quantitative estimate of drug-likeness (QED) is 0.816. The number of anilines is 1. The van der Waals surface area contributed by atoms with Gasteiger partial charge in [-0.3, -0.25) is 9.48 Å². The minimum absolute atomic E-state index is 0.0803. The first kappa shape index (κ1) is 13.5. The van der Waals surface area contributed by atoms with Crippen molar-refractivity contribution in [1.82, 2.24) is 20.1 Å². The van der Waals surface area contributed by atoms with Crippen molar-refractivity contribution in [3.63, 3.8) is 0 Å². The Morgan fingerprint density at radius 1 is 1.47 bits per heavy atom. The number of amides is 1. The molecule has 0 spiro atoms. The third-order valence-corrected chi connectivity index (χ3v) is 2.91. The summed E-state index contributed by atoms with van der Waals surface area (Å²) in [6.45, 7) is 0.818. The monoisotopic (exact) mass is 323 g/mol. The van der Waals surface area contributed by atoms with Gasteiger partial charge in [0.2, 0.25) is 5.91 Å². The van der Waals surface area contributed by atoms with Crippen molar-refractivity contribution in [2.75, 3.05) is 12.4 Å². The Bertz CT molecular complexity index is 569. The van der Waals surface area contributed by atoms with E-state index in [1.54, 1.807) is 24.1 Å². The zero-order chi connectivity index (χ0) is 13.7. The maximum Gasteiger partial charge on any atom is 0.241 e. The second-order valence-electron chi connectivity index (χ2n) is 3.90. The zero-order valence-corrected chi connectivity index (χ0v) is 12.0. The van der Waals surface area contributed by atoms with Gasteiger partial charge >= 0.3 is 0 Å². The molecule has 2 N–H and O–H groups in total. The highest BCUT2D eigenvalue weighted by Gasteiger charge is 2.03. The molecule has 0 radical (unpaired) electrons. The van der Waals surface area contributed by atoms with E-state index in [4.69, 9.17) is 0 Å². The van der Waals surface area contributed by atoms with Crippen molar-refractivity contribution < 1.29 is 4.79 Å². The van der Waals surface area contributed by atoms with Crippen LogP contribution in [0.15, 0.2) is 35.2 Å². The van der Waals surface area contributed by atoms with Crippen molar-refractivity contribution in [2.45, 2.75) is 13.1 Å². The molecule has 0 aliphatic heterocycles. The third kappa shape index (κ3) is 4.06. The van der Waals surface area contributed by atoms with E-state index in [1.165, 1.54) is 0 Å². The van der Waals surface area contributed by atoms with E-state index in [-0.39, 0.29) is 12.5 Å². The van der Waals surface area contributed by atoms with Crippen molar-refractivity contribution in [2.24, 2.45) is 0 Å². The summed E-state index contributed by atoms with van der Waals surface area (Å²) in [5, 5.41) is 9.85. The summed E-state index contributed by atoms with van der Waals surface area (Å²) in [4.78, 5) is 15.5. The van der Waals surface area contributed by atoms with Crippen LogP contribution in [0, 0.1) is 0 Å². The highest BCUT2D eigenvalue weighted by molar-refractivity contribution is 9.10. The Hall–Kier alpha value is -1.89. The smallest absolute Gasteiger partial charge is 0.241 e. The Morgan fingerprint density at radius 3 is 3.05 bits per heavy atom. The minimum atomic E-state index is -0.0803. The van der Waals surface area contributed by atoms with E-state index in [0.29, 0.717) is 6.54 Å². The van der Waals surface area contributed by atoms with Crippen molar-refractivity contribution >= 4 is 27.5 Å². The number of rotatable bonds is 5. The van der Waals surface area contributed by atoms with Gasteiger partial charge < -0.3 is 10.6 Å². The van der Waals surface area contributed by atoms with Gasteiger partial charge in [-0.05, 0) is 28.1 Å². The zero-order valence-electron chi connectivity index (χ0n) is 10.4. The lowest BCUT2D eigenvalue weighted by atomic mass is 10.3. The topological polar surface area (TPSA) is 71.8 Å². The summed E-state index contributed by atoms with van der Waals surface area (Å²) in [6.07, 6.45) is 3.47. The Balaban J connectivity index is 1.91. The molecule has 0 aliphatic carbocycles. The normalized spacial score (nSPS) is 10.2. The van der Waals surface area contributed by atoms with E-state index in [9.17, 15) is 4.79 Å². The predicted octanol–water partition coefficient (Wildman–Crippen LogP) is 1.40. The molecule has 1 amide bonds. The van der Waals surface area contributed by atoms with Crippen LogP contribution >= 0.6 is 15.9 Å². The van der Waals surface area contributed by atoms with Crippen LogP contribution < -0.4 is 10.6 Å². The second kappa shape index (κ2) is 6.33. The van der Waals surface area contributed by atoms with Gasteiger partial charge in [0.15, 0.2) is 0 Å². The lowest BCUT2D eigenvalue weighted by Crippen LogP contribution is -2.23. The average Bonchev–Trinajstić information content (AvgIpc) is 2.84. The summed E-state index contributed by atoms with van der Waals surface area (Å²) in [6, 6.07) is 5.75. The lowest BCUT2D eigenvalue weighted by Gasteiger charge is -2.03. The van der Waals surface area contributed by atoms with Crippen molar-refractivity contribution in [1.29, 1.82) is 0 Å². The number of hydrogen-bond acceptors (Lipinski definition) is 4. The lowest BCUT2D eigenvalue weighted by molar-refractivity contribution is -0.121. The van der Waals surface area contributed by atoms with Crippen LogP contribution in [0.3, 0.4) is 0 Å². The highest BCUT2D eigenvalue weighted by atomic mass is 79.9. The molecule has 0 fully saturated rings. The van der Waals surface area contributed by atoms with Crippen LogP contribution in [0.5, 0.6) is 0 Å². The first-order chi connectivity index (χ1) is 9.17. The molecule has 2 aromatic rings. The predicted molar refractivity (Wildman–Crippen MR) is 75.6 cm³/mol. The van der Waals surface area contributed by atoms with Crippen LogP contribution in [0.25, 0.3) is 0 Å². The van der Waals surface area contributed by atoms with E-state index >= 15 is 0 Å². The van der Waals surface area contributed by atoms with Crippen LogP contribution in [-0.4, -0.2) is 27.7 Å². The number of carbonyl (C=O) groups excluding carboxylic acids is 1. The van der Waals surface area contributed by atoms with Crippen LogP contribution in [0.2, 0.25) is 0 Å². The first-order valence-corrected chi connectivity index (χ1v) is 6.55. The second-order valence-corrected chi connectivity index (χ2v) is 4.72. The van der Waals surface area contributed by atoms with Crippen LogP contribution in [0.1, 0.15) is 5.69 Å². The summed E-state index contributed by atoms with van der Waals surface area (Å²) in [7, 11) is 1.60. The number of carbonyl (C=O) groups is 1. The molecule has 6 nitrogen and oxygen atoms in total. The minimum Gasteiger partial charge on any atom is -0.377 e. The molecule has 0 saturated heterocycles. The molecule has 0 atom stereocenters. The maximum atomic E-state index is 11.2. The Labute approximate surface area is 119 Å². The van der Waals surface area contributed by atoms with Crippen molar-refractivity contribution in [3.05, 3.63) is 40.9 Å². The fourth-order valence-corrected chi connectivity index (χ4v) is 1.89. The number of likely N-dealkylation sites (N-methyl/N-ethyl adjacent to an activating group) is 1. The van der Waals surface area contributed by atoms with Crippen LogP contribution in [0.4, 0.5) is 5.69 Å². The molecular formula is C12H14BrN5O. The average molecular weight is 324 g/mol. The molecule has 2 heterocycles. The fraction of sp³-hybridized carbons (Fsp3) is 0.250. The van der Waals surface area contributed by atoms with E-state index in [0.717, 1.165) is 16.0 Å². The van der Waals surface area contributed by atoms with Gasteiger partial charge in [-0.2, -0.15) is 5.10 Å². The molecule has 0 unspecified atom stereocenters. The molecule has 0 aliphatic rings. The number of nitrogens with one attached hydrogen (secondary N) is 2. The van der Waals surface area contributed by atoms with Gasteiger partial charge in [0.1, 0.15) is 11.1 Å². The first-order valence-electron chi connectivity index (χ1n) is 5.75. The largest absolute Gasteiger partial charge is 0.377 e. The van der Waals surface area contributed by atoms with E-state index < -0.39 is 0 Å². The molecule has 2 rings (SSSR count). The molecule has 19 heavy (non-hydrogen) atoms.